The third-order valence-corrected chi connectivity index (χ3v) is 3.22. The molecule has 17 heavy (non-hydrogen) atoms. The highest BCUT2D eigenvalue weighted by Gasteiger charge is 2.29. The van der Waals surface area contributed by atoms with Crippen LogP contribution in [-0.4, -0.2) is 0 Å². The maximum absolute atomic E-state index is 5.13. The predicted molar refractivity (Wildman–Crippen MR) is 63.2 cm³/mol. The van der Waals surface area contributed by atoms with Crippen LogP contribution in [0.2, 0.25) is 0 Å². The third kappa shape index (κ3) is 1.36. The molecule has 3 rings (SSSR count). The van der Waals surface area contributed by atoms with Gasteiger partial charge in [0, 0.05) is 0 Å². The number of hydrogen-bond acceptors (Lipinski definition) is 4. The molecule has 2 aromatic heterocycles. The van der Waals surface area contributed by atoms with E-state index in [9.17, 15) is 0 Å². The van der Waals surface area contributed by atoms with E-state index in [4.69, 9.17) is 18.3 Å². The normalized spacial score (nSPS) is 12.5. The van der Waals surface area contributed by atoms with Gasteiger partial charge in [-0.1, -0.05) is 27.2 Å². The molecule has 0 fully saturated rings. The predicted octanol–water partition coefficient (Wildman–Crippen LogP) is 4.83. The zero-order chi connectivity index (χ0) is 12.0. The molecule has 0 spiro atoms. The molecule has 0 saturated carbocycles. The Labute approximate surface area is 98.4 Å². The quantitative estimate of drug-likeness (QED) is 0.609. The van der Waals surface area contributed by atoms with Gasteiger partial charge in [-0.25, -0.2) is 0 Å². The van der Waals surface area contributed by atoms with E-state index < -0.39 is 0 Å². The van der Waals surface area contributed by atoms with Crippen LogP contribution in [0.1, 0.15) is 50.7 Å². The number of rotatable bonds is 4. The Hall–Kier alpha value is -1.58. The molecule has 1 aromatic carbocycles. The molecular formula is C13H16O4. The number of fused-ring (bicyclic) bond motifs is 2. The summed E-state index contributed by atoms with van der Waals surface area (Å²) < 4.78 is 20.5. The molecule has 0 amide bonds. The van der Waals surface area contributed by atoms with E-state index in [-0.39, 0.29) is 0 Å². The zero-order valence-corrected chi connectivity index (χ0v) is 10.3. The SMILES string of the molecule is CCCCc1c2ooc2c(C(C)C)c2ooc12. The summed E-state index contributed by atoms with van der Waals surface area (Å²) in [7, 11) is 0. The van der Waals surface area contributed by atoms with Gasteiger partial charge in [0.15, 0.2) is 0 Å². The summed E-state index contributed by atoms with van der Waals surface area (Å²) >= 11 is 0. The molecule has 0 aliphatic rings. The number of unbranched alkanes of at least 4 members (excludes halogenated alkanes) is 1. The van der Waals surface area contributed by atoms with Crippen molar-refractivity contribution >= 4 is 22.3 Å². The van der Waals surface area contributed by atoms with E-state index >= 15 is 0 Å². The lowest BCUT2D eigenvalue weighted by Crippen LogP contribution is -2.01. The van der Waals surface area contributed by atoms with Crippen molar-refractivity contribution in [3.63, 3.8) is 0 Å². The summed E-state index contributed by atoms with van der Waals surface area (Å²) in [4.78, 5) is 0. The minimum absolute atomic E-state index is 0.325. The Kier molecular flexibility index (Phi) is 2.31. The van der Waals surface area contributed by atoms with Crippen LogP contribution >= 0.6 is 0 Å². The monoisotopic (exact) mass is 236 g/mol. The van der Waals surface area contributed by atoms with Gasteiger partial charge in [0.1, 0.15) is 0 Å². The molecule has 0 aliphatic carbocycles. The first-order chi connectivity index (χ1) is 8.24. The van der Waals surface area contributed by atoms with E-state index in [0.717, 1.165) is 52.7 Å². The molecule has 0 aliphatic heterocycles. The molecule has 0 atom stereocenters. The minimum atomic E-state index is 0.325. The number of aryl methyl sites for hydroxylation is 1. The molecule has 4 nitrogen and oxygen atoms in total. The zero-order valence-electron chi connectivity index (χ0n) is 10.3. The van der Waals surface area contributed by atoms with Crippen molar-refractivity contribution in [2.45, 2.75) is 46.0 Å². The van der Waals surface area contributed by atoms with Crippen LogP contribution in [0.15, 0.2) is 18.3 Å². The van der Waals surface area contributed by atoms with Crippen molar-refractivity contribution in [3.05, 3.63) is 11.1 Å². The van der Waals surface area contributed by atoms with Crippen molar-refractivity contribution < 1.29 is 18.3 Å². The van der Waals surface area contributed by atoms with E-state index in [2.05, 4.69) is 20.8 Å². The Morgan fingerprint density at radius 1 is 0.882 bits per heavy atom. The first kappa shape index (κ1) is 10.6. The fourth-order valence-corrected chi connectivity index (χ4v) is 2.27. The van der Waals surface area contributed by atoms with E-state index in [1.807, 2.05) is 0 Å². The van der Waals surface area contributed by atoms with Gasteiger partial charge in [0.2, 0.25) is 22.3 Å². The summed E-state index contributed by atoms with van der Waals surface area (Å²) in [5.41, 5.74) is 5.46. The highest BCUT2D eigenvalue weighted by atomic mass is 17.0. The highest BCUT2D eigenvalue weighted by molar-refractivity contribution is 5.96. The van der Waals surface area contributed by atoms with Gasteiger partial charge in [-0.2, -0.15) is 0 Å². The van der Waals surface area contributed by atoms with Crippen molar-refractivity contribution in [1.82, 2.24) is 0 Å². The van der Waals surface area contributed by atoms with Crippen LogP contribution in [0.5, 0.6) is 0 Å². The van der Waals surface area contributed by atoms with Gasteiger partial charge >= 0.3 is 0 Å². The molecular weight excluding hydrogens is 220 g/mol. The molecule has 0 bridgehead atoms. The van der Waals surface area contributed by atoms with Gasteiger partial charge in [0.05, 0.1) is 11.1 Å². The lowest BCUT2D eigenvalue weighted by Gasteiger charge is -2.15. The van der Waals surface area contributed by atoms with Crippen LogP contribution in [-0.2, 0) is 6.42 Å². The van der Waals surface area contributed by atoms with E-state index in [0.29, 0.717) is 5.92 Å². The van der Waals surface area contributed by atoms with Crippen molar-refractivity contribution in [2.24, 2.45) is 0 Å². The Morgan fingerprint density at radius 2 is 1.41 bits per heavy atom. The molecule has 3 aromatic rings. The van der Waals surface area contributed by atoms with E-state index in [1.54, 1.807) is 0 Å². The fourth-order valence-electron chi connectivity index (χ4n) is 2.27. The molecule has 4 heteroatoms. The first-order valence-electron chi connectivity index (χ1n) is 6.15. The summed E-state index contributed by atoms with van der Waals surface area (Å²) in [5, 5.41) is 0. The lowest BCUT2D eigenvalue weighted by atomic mass is 9.96. The average molecular weight is 236 g/mol. The lowest BCUT2D eigenvalue weighted by molar-refractivity contribution is 0.0440. The Balaban J connectivity index is 2.19. The summed E-state index contributed by atoms with van der Waals surface area (Å²) in [6.07, 6.45) is 3.18. The molecule has 0 saturated heterocycles. The van der Waals surface area contributed by atoms with Gasteiger partial charge < -0.3 is 0 Å². The third-order valence-electron chi connectivity index (χ3n) is 3.22. The smallest absolute Gasteiger partial charge is 0.233 e. The van der Waals surface area contributed by atoms with Crippen LogP contribution in [0.25, 0.3) is 22.3 Å². The largest absolute Gasteiger partial charge is 0.285 e. The van der Waals surface area contributed by atoms with Crippen molar-refractivity contribution in [3.8, 4) is 0 Å². The highest BCUT2D eigenvalue weighted by Crippen LogP contribution is 2.41. The number of hydrogen-bond donors (Lipinski definition) is 0. The van der Waals surface area contributed by atoms with Crippen molar-refractivity contribution in [1.29, 1.82) is 0 Å². The Bertz CT molecular complexity index is 585. The van der Waals surface area contributed by atoms with Gasteiger partial charge in [-0.05, 0) is 18.8 Å². The second-order valence-electron chi connectivity index (χ2n) is 4.80. The fraction of sp³-hybridized carbons (Fsp3) is 0.538. The maximum Gasteiger partial charge on any atom is 0.233 e. The van der Waals surface area contributed by atoms with Gasteiger partial charge in [-0.3, -0.25) is 18.3 Å². The molecule has 0 radical (unpaired) electrons. The Morgan fingerprint density at radius 3 is 1.76 bits per heavy atom. The summed E-state index contributed by atoms with van der Waals surface area (Å²) in [5.74, 6) is 0.325. The second-order valence-corrected chi connectivity index (χ2v) is 4.80. The topological polar surface area (TPSA) is 52.6 Å². The average Bonchev–Trinajstić information content (AvgIpc) is 2.20. The summed E-state index contributed by atoms with van der Waals surface area (Å²) in [6, 6.07) is 0. The van der Waals surface area contributed by atoms with Crippen LogP contribution in [0.3, 0.4) is 0 Å². The van der Waals surface area contributed by atoms with Gasteiger partial charge in [-0.15, -0.1) is 0 Å². The van der Waals surface area contributed by atoms with Crippen molar-refractivity contribution in [2.75, 3.05) is 0 Å². The molecule has 0 N–H and O–H groups in total. The first-order valence-corrected chi connectivity index (χ1v) is 6.15. The van der Waals surface area contributed by atoms with Crippen LogP contribution < -0.4 is 0 Å². The van der Waals surface area contributed by atoms with E-state index in [1.165, 1.54) is 0 Å². The molecule has 0 unspecified atom stereocenters. The van der Waals surface area contributed by atoms with Crippen LogP contribution in [0, 0.1) is 0 Å². The second kappa shape index (κ2) is 3.72. The molecule has 2 heterocycles. The minimum Gasteiger partial charge on any atom is -0.285 e. The number of benzene rings is 1. The maximum atomic E-state index is 5.13. The van der Waals surface area contributed by atoms with Crippen LogP contribution in [0.4, 0.5) is 0 Å². The summed E-state index contributed by atoms with van der Waals surface area (Å²) in [6.45, 7) is 6.37. The van der Waals surface area contributed by atoms with Gasteiger partial charge in [0.25, 0.3) is 0 Å². The standard InChI is InChI=1S/C13H16O4/c1-4-5-6-8-10-12(16-14-10)9(7(2)3)13-11(8)15-17-13/h7H,4-6H2,1-3H3. The molecule has 92 valence electrons.